The second kappa shape index (κ2) is 9.01. The number of nitrogens with one attached hydrogen (secondary N) is 1. The van der Waals surface area contributed by atoms with E-state index in [2.05, 4.69) is 15.2 Å². The third-order valence-electron chi connectivity index (χ3n) is 4.74. The van der Waals surface area contributed by atoms with Crippen molar-refractivity contribution in [3.8, 4) is 11.5 Å². The van der Waals surface area contributed by atoms with Gasteiger partial charge in [0.25, 0.3) is 0 Å². The zero-order chi connectivity index (χ0) is 20.1. The molecule has 6 nitrogen and oxygen atoms in total. The number of benzene rings is 2. The normalized spacial score (nSPS) is 13.1. The van der Waals surface area contributed by atoms with Gasteiger partial charge in [-0.15, -0.1) is 11.6 Å². The van der Waals surface area contributed by atoms with Crippen LogP contribution in [0.4, 0.5) is 23.1 Å². The van der Waals surface area contributed by atoms with Crippen molar-refractivity contribution in [1.29, 1.82) is 0 Å². The number of aromatic nitrogens is 2. The van der Waals surface area contributed by atoms with Crippen LogP contribution in [0.1, 0.15) is 18.4 Å². The summed E-state index contributed by atoms with van der Waals surface area (Å²) < 4.78 is 5.70. The number of hydrogen-bond donors (Lipinski definition) is 2. The Morgan fingerprint density at radius 1 is 1.17 bits per heavy atom. The Balaban J connectivity index is 1.53. The van der Waals surface area contributed by atoms with Gasteiger partial charge in [0.15, 0.2) is 0 Å². The van der Waals surface area contributed by atoms with Gasteiger partial charge in [-0.2, -0.15) is 4.98 Å². The lowest BCUT2D eigenvalue weighted by atomic mass is 10.0. The van der Waals surface area contributed by atoms with Crippen molar-refractivity contribution < 1.29 is 9.84 Å². The second-order valence-corrected chi connectivity index (χ2v) is 7.23. The molecule has 3 aromatic rings. The quantitative estimate of drug-likeness (QED) is 0.421. The van der Waals surface area contributed by atoms with Crippen LogP contribution < -0.4 is 15.0 Å². The molecule has 0 unspecified atom stereocenters. The molecular formula is C22H23ClN4O2. The van der Waals surface area contributed by atoms with Crippen molar-refractivity contribution in [1.82, 2.24) is 9.97 Å². The number of aromatic hydroxyl groups is 1. The number of phenolic OH excluding ortho intramolecular Hbond substituents is 1. The Bertz CT molecular complexity index is 983. The summed E-state index contributed by atoms with van der Waals surface area (Å²) in [5.41, 5.74) is 3.06. The Kier molecular flexibility index (Phi) is 6.00. The standard InChI is InChI=1S/C22H23ClN4O2/c23-10-3-13-29-19-6-1-5-17(15-19)25-22-24-11-9-21(26-22)27-12-2-4-16-14-18(28)7-8-20(16)27/h1,5-9,11,14-15,28H,2-4,10,12-13H2,(H,24,25,26). The molecular weight excluding hydrogens is 388 g/mol. The van der Waals surface area contributed by atoms with Gasteiger partial charge in [0.1, 0.15) is 17.3 Å². The molecule has 1 aromatic heterocycles. The third-order valence-corrected chi connectivity index (χ3v) is 5.00. The molecule has 0 spiro atoms. The number of nitrogens with zero attached hydrogens (tertiary/aromatic N) is 3. The first-order valence-electron chi connectivity index (χ1n) is 9.71. The highest BCUT2D eigenvalue weighted by Crippen LogP contribution is 2.34. The molecule has 0 aliphatic carbocycles. The van der Waals surface area contributed by atoms with Crippen LogP contribution in [0.5, 0.6) is 11.5 Å². The number of aryl methyl sites for hydroxylation is 1. The minimum absolute atomic E-state index is 0.295. The fraction of sp³-hybridized carbons (Fsp3) is 0.273. The molecule has 1 aliphatic heterocycles. The molecule has 4 rings (SSSR count). The van der Waals surface area contributed by atoms with Crippen molar-refractivity contribution in [2.45, 2.75) is 19.3 Å². The van der Waals surface area contributed by atoms with E-state index in [1.165, 1.54) is 0 Å². The monoisotopic (exact) mass is 410 g/mol. The van der Waals surface area contributed by atoms with Crippen molar-refractivity contribution in [2.24, 2.45) is 0 Å². The number of alkyl halides is 1. The van der Waals surface area contributed by atoms with Crippen molar-refractivity contribution in [3.63, 3.8) is 0 Å². The fourth-order valence-electron chi connectivity index (χ4n) is 3.42. The van der Waals surface area contributed by atoms with Gasteiger partial charge in [0, 0.05) is 36.1 Å². The van der Waals surface area contributed by atoms with E-state index in [0.717, 1.165) is 54.3 Å². The number of phenols is 1. The second-order valence-electron chi connectivity index (χ2n) is 6.85. The summed E-state index contributed by atoms with van der Waals surface area (Å²) in [4.78, 5) is 11.2. The van der Waals surface area contributed by atoms with Crippen molar-refractivity contribution in [3.05, 3.63) is 60.3 Å². The zero-order valence-electron chi connectivity index (χ0n) is 16.0. The van der Waals surface area contributed by atoms with Crippen LogP contribution in [-0.2, 0) is 6.42 Å². The number of rotatable bonds is 7. The molecule has 0 bridgehead atoms. The molecule has 2 N–H and O–H groups in total. The molecule has 0 radical (unpaired) electrons. The highest BCUT2D eigenvalue weighted by atomic mass is 35.5. The van der Waals surface area contributed by atoms with E-state index in [0.29, 0.717) is 24.2 Å². The number of hydrogen-bond acceptors (Lipinski definition) is 6. The van der Waals surface area contributed by atoms with Crippen LogP contribution in [0.25, 0.3) is 0 Å². The molecule has 150 valence electrons. The lowest BCUT2D eigenvalue weighted by Crippen LogP contribution is -2.25. The first-order valence-corrected chi connectivity index (χ1v) is 10.2. The average Bonchev–Trinajstić information content (AvgIpc) is 2.74. The number of fused-ring (bicyclic) bond motifs is 1. The smallest absolute Gasteiger partial charge is 0.229 e. The number of halogens is 1. The maximum Gasteiger partial charge on any atom is 0.229 e. The van der Waals surface area contributed by atoms with Gasteiger partial charge in [-0.25, -0.2) is 4.98 Å². The lowest BCUT2D eigenvalue weighted by Gasteiger charge is -2.30. The number of anilines is 4. The Hall–Kier alpha value is -2.99. The van der Waals surface area contributed by atoms with Crippen molar-refractivity contribution >= 4 is 34.7 Å². The van der Waals surface area contributed by atoms with Crippen molar-refractivity contribution in [2.75, 3.05) is 29.2 Å². The highest BCUT2D eigenvalue weighted by Gasteiger charge is 2.20. The van der Waals surface area contributed by atoms with E-state index in [-0.39, 0.29) is 0 Å². The predicted octanol–water partition coefficient (Wildman–Crippen LogP) is 5.02. The van der Waals surface area contributed by atoms with E-state index in [1.54, 1.807) is 12.3 Å². The molecule has 0 saturated heterocycles. The molecule has 0 amide bonds. The van der Waals surface area contributed by atoms with Crippen LogP contribution in [0.2, 0.25) is 0 Å². The summed E-state index contributed by atoms with van der Waals surface area (Å²) in [6, 6.07) is 15.1. The van der Waals surface area contributed by atoms with Gasteiger partial charge in [-0.3, -0.25) is 0 Å². The summed E-state index contributed by atoms with van der Waals surface area (Å²) in [5.74, 6) is 3.00. The summed E-state index contributed by atoms with van der Waals surface area (Å²) in [6.45, 7) is 1.46. The van der Waals surface area contributed by atoms with Gasteiger partial charge in [0.2, 0.25) is 5.95 Å². The Morgan fingerprint density at radius 3 is 3.00 bits per heavy atom. The minimum Gasteiger partial charge on any atom is -0.508 e. The van der Waals surface area contributed by atoms with Crippen LogP contribution in [0.3, 0.4) is 0 Å². The molecule has 0 atom stereocenters. The predicted molar refractivity (Wildman–Crippen MR) is 116 cm³/mol. The van der Waals surface area contributed by atoms with Gasteiger partial charge in [-0.05, 0) is 61.2 Å². The zero-order valence-corrected chi connectivity index (χ0v) is 16.8. The maximum atomic E-state index is 9.77. The van der Waals surface area contributed by atoms with E-state index >= 15 is 0 Å². The minimum atomic E-state index is 0.295. The SMILES string of the molecule is Oc1ccc2c(c1)CCCN2c1ccnc(Nc2cccc(OCCCCl)c2)n1. The average molecular weight is 411 g/mol. The summed E-state index contributed by atoms with van der Waals surface area (Å²) >= 11 is 5.70. The molecule has 0 saturated carbocycles. The van der Waals surface area contributed by atoms with Crippen LogP contribution in [0, 0.1) is 0 Å². The van der Waals surface area contributed by atoms with Crippen LogP contribution in [-0.4, -0.2) is 34.1 Å². The first-order chi connectivity index (χ1) is 14.2. The van der Waals surface area contributed by atoms with Gasteiger partial charge in [0.05, 0.1) is 6.61 Å². The molecule has 2 heterocycles. The number of ether oxygens (including phenoxy) is 1. The van der Waals surface area contributed by atoms with Gasteiger partial charge in [-0.1, -0.05) is 6.07 Å². The lowest BCUT2D eigenvalue weighted by molar-refractivity contribution is 0.318. The summed E-state index contributed by atoms with van der Waals surface area (Å²) in [7, 11) is 0. The largest absolute Gasteiger partial charge is 0.508 e. The van der Waals surface area contributed by atoms with E-state index in [4.69, 9.17) is 21.3 Å². The maximum absolute atomic E-state index is 9.77. The summed E-state index contributed by atoms with van der Waals surface area (Å²) in [6.07, 6.45) is 4.51. The van der Waals surface area contributed by atoms with E-state index in [9.17, 15) is 5.11 Å². The Labute approximate surface area is 175 Å². The highest BCUT2D eigenvalue weighted by molar-refractivity contribution is 6.17. The Morgan fingerprint density at radius 2 is 2.10 bits per heavy atom. The van der Waals surface area contributed by atoms with Gasteiger partial charge >= 0.3 is 0 Å². The third kappa shape index (κ3) is 4.71. The fourth-order valence-corrected chi connectivity index (χ4v) is 3.53. The molecule has 29 heavy (non-hydrogen) atoms. The molecule has 0 fully saturated rings. The van der Waals surface area contributed by atoms with Gasteiger partial charge < -0.3 is 20.1 Å². The van der Waals surface area contributed by atoms with Crippen LogP contribution in [0.15, 0.2) is 54.7 Å². The summed E-state index contributed by atoms with van der Waals surface area (Å²) in [5, 5.41) is 13.0. The topological polar surface area (TPSA) is 70.5 Å². The first kappa shape index (κ1) is 19.3. The van der Waals surface area contributed by atoms with E-state index in [1.807, 2.05) is 42.5 Å². The van der Waals surface area contributed by atoms with Crippen LogP contribution >= 0.6 is 11.6 Å². The molecule has 7 heteroatoms. The van der Waals surface area contributed by atoms with E-state index < -0.39 is 0 Å². The molecule has 1 aliphatic rings. The molecule has 2 aromatic carbocycles.